The lowest BCUT2D eigenvalue weighted by Crippen LogP contribution is -2.63. The first-order chi connectivity index (χ1) is 7.61. The number of amidine groups is 1. The maximum absolute atomic E-state index is 9.57. The van der Waals surface area contributed by atoms with E-state index in [4.69, 9.17) is 10.2 Å². The topological polar surface area (TPSA) is 126 Å². The van der Waals surface area contributed by atoms with Crippen molar-refractivity contribution in [1.29, 1.82) is 0 Å². The van der Waals surface area contributed by atoms with Gasteiger partial charge in [0.05, 0.1) is 12.6 Å². The average Bonchev–Trinajstić information content (AvgIpc) is 2.29. The first kappa shape index (κ1) is 13.3. The third-order valence-corrected chi connectivity index (χ3v) is 2.49. The lowest BCUT2D eigenvalue weighted by molar-refractivity contribution is -0.0681. The Morgan fingerprint density at radius 3 is 2.38 bits per heavy atom. The van der Waals surface area contributed by atoms with Crippen molar-refractivity contribution in [1.82, 2.24) is 5.32 Å². The molecule has 0 aromatic heterocycles. The molecular formula is C9H18N2O5. The van der Waals surface area contributed by atoms with Gasteiger partial charge in [-0.25, -0.2) is 0 Å². The van der Waals surface area contributed by atoms with Gasteiger partial charge in [-0.3, -0.25) is 4.99 Å². The molecular weight excluding hydrogens is 216 g/mol. The molecule has 0 bridgehead atoms. The van der Waals surface area contributed by atoms with Crippen molar-refractivity contribution in [2.75, 3.05) is 19.8 Å². The molecule has 0 aromatic carbocycles. The minimum Gasteiger partial charge on any atom is -0.396 e. The van der Waals surface area contributed by atoms with E-state index in [2.05, 4.69) is 10.3 Å². The third kappa shape index (κ3) is 2.89. The molecule has 16 heavy (non-hydrogen) atoms. The van der Waals surface area contributed by atoms with Crippen LogP contribution in [0, 0.1) is 0 Å². The number of rotatable bonds is 4. The van der Waals surface area contributed by atoms with Gasteiger partial charge >= 0.3 is 0 Å². The quantitative estimate of drug-likeness (QED) is 0.285. The van der Waals surface area contributed by atoms with Crippen molar-refractivity contribution >= 4 is 5.84 Å². The predicted octanol–water partition coefficient (Wildman–Crippen LogP) is -3.19. The van der Waals surface area contributed by atoms with Gasteiger partial charge in [0.1, 0.15) is 24.1 Å². The van der Waals surface area contributed by atoms with Crippen LogP contribution in [0.5, 0.6) is 0 Å². The molecule has 0 aromatic rings. The maximum atomic E-state index is 9.57. The van der Waals surface area contributed by atoms with Crippen LogP contribution in [0.4, 0.5) is 0 Å². The highest BCUT2D eigenvalue weighted by molar-refractivity contribution is 5.88. The fourth-order valence-electron chi connectivity index (χ4n) is 1.51. The van der Waals surface area contributed by atoms with Crippen LogP contribution >= 0.6 is 0 Å². The number of nitrogens with zero attached hydrogens (tertiary/aromatic N) is 1. The number of aliphatic hydroxyl groups is 5. The molecule has 0 spiro atoms. The number of piperidine rings is 1. The van der Waals surface area contributed by atoms with Crippen molar-refractivity contribution in [2.45, 2.75) is 30.8 Å². The Morgan fingerprint density at radius 1 is 1.12 bits per heavy atom. The van der Waals surface area contributed by atoms with Gasteiger partial charge in [0.25, 0.3) is 0 Å². The smallest absolute Gasteiger partial charge is 0.139 e. The van der Waals surface area contributed by atoms with E-state index in [1.807, 2.05) is 0 Å². The summed E-state index contributed by atoms with van der Waals surface area (Å²) in [5.74, 6) is 0.130. The standard InChI is InChI=1S/C9H18N2O5/c12-3-1-2-10-9-8(16)7(15)6(14)5(4-13)11-9/h5-8,12-16H,1-4H2,(H,10,11)/t5-,6-,7+,8+/m1/s1. The molecule has 7 heteroatoms. The molecule has 4 atom stereocenters. The van der Waals surface area contributed by atoms with E-state index >= 15 is 0 Å². The van der Waals surface area contributed by atoms with Crippen molar-refractivity contribution in [2.24, 2.45) is 4.99 Å². The Balaban J connectivity index is 2.66. The zero-order valence-corrected chi connectivity index (χ0v) is 8.82. The SMILES string of the molecule is OCCCN=C1N[C@H](CO)[C@@H](O)[C@H](O)[C@@H]1O. The highest BCUT2D eigenvalue weighted by Crippen LogP contribution is 2.12. The molecule has 1 rings (SSSR count). The second-order valence-electron chi connectivity index (χ2n) is 3.70. The summed E-state index contributed by atoms with van der Waals surface area (Å²) in [6.45, 7) is -0.0810. The minimum atomic E-state index is -1.37. The van der Waals surface area contributed by atoms with Crippen LogP contribution in [0.3, 0.4) is 0 Å². The number of aliphatic imine (C=N–C) groups is 1. The van der Waals surface area contributed by atoms with Gasteiger partial charge in [-0.1, -0.05) is 0 Å². The van der Waals surface area contributed by atoms with Crippen molar-refractivity contribution in [3.63, 3.8) is 0 Å². The number of aliphatic hydroxyl groups excluding tert-OH is 5. The summed E-state index contributed by atoms with van der Waals surface area (Å²) in [5, 5.41) is 48.7. The highest BCUT2D eigenvalue weighted by atomic mass is 16.4. The largest absolute Gasteiger partial charge is 0.396 e. The van der Waals surface area contributed by atoms with Crippen LogP contribution in [-0.4, -0.2) is 75.5 Å². The maximum Gasteiger partial charge on any atom is 0.139 e. The second-order valence-corrected chi connectivity index (χ2v) is 3.70. The van der Waals surface area contributed by atoms with Crippen molar-refractivity contribution in [3.8, 4) is 0 Å². The lowest BCUT2D eigenvalue weighted by Gasteiger charge is -2.36. The van der Waals surface area contributed by atoms with E-state index in [0.717, 1.165) is 0 Å². The summed E-state index contributed by atoms with van der Waals surface area (Å²) in [6.07, 6.45) is -3.46. The summed E-state index contributed by atoms with van der Waals surface area (Å²) < 4.78 is 0. The lowest BCUT2D eigenvalue weighted by atomic mass is 9.95. The van der Waals surface area contributed by atoms with Crippen LogP contribution in [0.2, 0.25) is 0 Å². The molecule has 1 aliphatic rings. The molecule has 1 fully saturated rings. The Kier molecular flexibility index (Phi) is 5.10. The first-order valence-corrected chi connectivity index (χ1v) is 5.18. The number of hydrogen-bond donors (Lipinski definition) is 6. The van der Waals surface area contributed by atoms with E-state index in [-0.39, 0.29) is 19.0 Å². The number of hydrogen-bond acceptors (Lipinski definition) is 6. The van der Waals surface area contributed by atoms with Crippen LogP contribution in [0.25, 0.3) is 0 Å². The molecule has 0 amide bonds. The Hall–Kier alpha value is -0.730. The molecule has 1 saturated heterocycles. The van der Waals surface area contributed by atoms with Crippen LogP contribution < -0.4 is 5.32 Å². The minimum absolute atomic E-state index is 0.0124. The van der Waals surface area contributed by atoms with Gasteiger partial charge in [0.2, 0.25) is 0 Å². The van der Waals surface area contributed by atoms with Crippen molar-refractivity contribution in [3.05, 3.63) is 0 Å². The molecule has 0 unspecified atom stereocenters. The summed E-state index contributed by atoms with van der Waals surface area (Å²) in [6, 6.07) is -0.744. The summed E-state index contributed by atoms with van der Waals surface area (Å²) >= 11 is 0. The van der Waals surface area contributed by atoms with Crippen LogP contribution in [0.1, 0.15) is 6.42 Å². The molecule has 0 aliphatic carbocycles. The fourth-order valence-corrected chi connectivity index (χ4v) is 1.51. The Bertz CT molecular complexity index is 246. The van der Waals surface area contributed by atoms with Crippen LogP contribution in [-0.2, 0) is 0 Å². The average molecular weight is 234 g/mol. The summed E-state index contributed by atoms with van der Waals surface area (Å²) in [4.78, 5) is 3.95. The second kappa shape index (κ2) is 6.12. The van der Waals surface area contributed by atoms with E-state index in [0.29, 0.717) is 13.0 Å². The van der Waals surface area contributed by atoms with E-state index in [9.17, 15) is 15.3 Å². The van der Waals surface area contributed by atoms with E-state index in [1.165, 1.54) is 0 Å². The Morgan fingerprint density at radius 2 is 1.81 bits per heavy atom. The van der Waals surface area contributed by atoms with E-state index in [1.54, 1.807) is 0 Å². The van der Waals surface area contributed by atoms with E-state index < -0.39 is 24.4 Å². The van der Waals surface area contributed by atoms with Crippen molar-refractivity contribution < 1.29 is 25.5 Å². The van der Waals surface area contributed by atoms with Crippen LogP contribution in [0.15, 0.2) is 4.99 Å². The van der Waals surface area contributed by atoms with Gasteiger partial charge < -0.3 is 30.8 Å². The monoisotopic (exact) mass is 234 g/mol. The van der Waals surface area contributed by atoms with Gasteiger partial charge in [0.15, 0.2) is 0 Å². The Labute approximate surface area is 93.1 Å². The highest BCUT2D eigenvalue weighted by Gasteiger charge is 2.39. The predicted molar refractivity (Wildman–Crippen MR) is 56.0 cm³/mol. The molecule has 1 aliphatic heterocycles. The third-order valence-electron chi connectivity index (χ3n) is 2.49. The summed E-state index contributed by atoms with van der Waals surface area (Å²) in [7, 11) is 0. The van der Waals surface area contributed by atoms with Gasteiger partial charge in [-0.2, -0.15) is 0 Å². The molecule has 6 N–H and O–H groups in total. The molecule has 7 nitrogen and oxygen atoms in total. The van der Waals surface area contributed by atoms with Gasteiger partial charge in [0, 0.05) is 13.2 Å². The molecule has 0 saturated carbocycles. The molecule has 1 heterocycles. The van der Waals surface area contributed by atoms with Gasteiger partial charge in [-0.15, -0.1) is 0 Å². The number of nitrogens with one attached hydrogen (secondary N) is 1. The normalized spacial score (nSPS) is 37.4. The first-order valence-electron chi connectivity index (χ1n) is 5.18. The molecule has 94 valence electrons. The summed E-state index contributed by atoms with van der Waals surface area (Å²) in [5.41, 5.74) is 0. The fraction of sp³-hybridized carbons (Fsp3) is 0.889. The zero-order chi connectivity index (χ0) is 12.1. The van der Waals surface area contributed by atoms with Gasteiger partial charge in [-0.05, 0) is 6.42 Å². The zero-order valence-electron chi connectivity index (χ0n) is 8.82. The molecule has 0 radical (unpaired) electrons.